The number of halogens is 1. The molecule has 0 saturated carbocycles. The number of aromatic nitrogens is 2. The second-order valence-electron chi connectivity index (χ2n) is 4.25. The van der Waals surface area contributed by atoms with Crippen LogP contribution in [0.3, 0.4) is 0 Å². The number of benzene rings is 1. The summed E-state index contributed by atoms with van der Waals surface area (Å²) in [6, 6.07) is 5.95. The Morgan fingerprint density at radius 2 is 2.11 bits per heavy atom. The maximum Gasteiger partial charge on any atom is 0.271 e. The first-order valence-corrected chi connectivity index (χ1v) is 6.59. The molecule has 2 rings (SSSR count). The lowest BCUT2D eigenvalue weighted by Crippen LogP contribution is -2.20. The van der Waals surface area contributed by atoms with Gasteiger partial charge in [0.15, 0.2) is 5.69 Å². The molecule has 0 fully saturated rings. The molecule has 0 bridgehead atoms. The van der Waals surface area contributed by atoms with E-state index in [2.05, 4.69) is 38.1 Å². The number of hydrogen-bond acceptors (Lipinski definition) is 4. The highest BCUT2D eigenvalue weighted by Gasteiger charge is 2.15. The third-order valence-electron chi connectivity index (χ3n) is 2.39. The van der Waals surface area contributed by atoms with Gasteiger partial charge in [0, 0.05) is 15.0 Å². The predicted molar refractivity (Wildman–Crippen MR) is 79.5 cm³/mol. The molecule has 1 aromatic carbocycles. The minimum absolute atomic E-state index is 0.174. The Morgan fingerprint density at radius 3 is 2.72 bits per heavy atom. The minimum Gasteiger partial charge on any atom is -0.380 e. The Morgan fingerprint density at radius 1 is 1.39 bits per heavy atom. The average Bonchev–Trinajstić information content (AvgIpc) is 2.28. The van der Waals surface area contributed by atoms with Crippen molar-refractivity contribution < 1.29 is 4.79 Å². The summed E-state index contributed by atoms with van der Waals surface area (Å²) in [5, 5.41) is 12.0. The van der Waals surface area contributed by atoms with Gasteiger partial charge in [0.1, 0.15) is 0 Å². The molecule has 0 radical (unpaired) electrons. The van der Waals surface area contributed by atoms with E-state index in [1.165, 1.54) is 0 Å². The van der Waals surface area contributed by atoms with Crippen LogP contribution in [0.25, 0.3) is 10.9 Å². The maximum absolute atomic E-state index is 11.4. The van der Waals surface area contributed by atoms with Crippen LogP contribution in [0.4, 0.5) is 5.69 Å². The number of hydrogen-bond donors (Lipinski definition) is 2. The van der Waals surface area contributed by atoms with E-state index in [9.17, 15) is 4.79 Å². The van der Waals surface area contributed by atoms with Crippen molar-refractivity contribution in [1.82, 2.24) is 10.2 Å². The van der Waals surface area contributed by atoms with Gasteiger partial charge in [0.2, 0.25) is 0 Å². The van der Waals surface area contributed by atoms with Crippen LogP contribution in [0.5, 0.6) is 0 Å². The Bertz CT molecular complexity index is 612. The van der Waals surface area contributed by atoms with Crippen molar-refractivity contribution in [3.63, 3.8) is 0 Å². The average molecular weight is 356 g/mol. The molecule has 0 saturated heterocycles. The summed E-state index contributed by atoms with van der Waals surface area (Å²) in [7, 11) is 0. The van der Waals surface area contributed by atoms with Crippen molar-refractivity contribution in [2.45, 2.75) is 19.9 Å². The van der Waals surface area contributed by atoms with Crippen molar-refractivity contribution in [2.24, 2.45) is 5.73 Å². The monoisotopic (exact) mass is 356 g/mol. The lowest BCUT2D eigenvalue weighted by Gasteiger charge is -2.14. The summed E-state index contributed by atoms with van der Waals surface area (Å²) in [5.41, 5.74) is 6.91. The maximum atomic E-state index is 11.4. The van der Waals surface area contributed by atoms with Crippen molar-refractivity contribution >= 4 is 45.1 Å². The summed E-state index contributed by atoms with van der Waals surface area (Å²) in [5.74, 6) is -0.577. The van der Waals surface area contributed by atoms with E-state index in [0.717, 1.165) is 14.5 Å². The fourth-order valence-corrected chi connectivity index (χ4v) is 2.18. The molecule has 0 aliphatic heterocycles. The molecule has 0 aliphatic rings. The Labute approximate surface area is 118 Å². The van der Waals surface area contributed by atoms with Crippen LogP contribution in [0.2, 0.25) is 0 Å². The number of amides is 1. The normalized spacial score (nSPS) is 10.9. The summed E-state index contributed by atoms with van der Waals surface area (Å²) in [4.78, 5) is 11.4. The van der Waals surface area contributed by atoms with E-state index in [1.54, 1.807) is 0 Å². The zero-order valence-corrected chi connectivity index (χ0v) is 12.2. The number of carbonyl (C=O) groups is 1. The number of primary amides is 1. The molecular formula is C12H13IN4O. The summed E-state index contributed by atoms with van der Waals surface area (Å²) < 4.78 is 1.07. The van der Waals surface area contributed by atoms with Crippen LogP contribution < -0.4 is 11.1 Å². The number of nitrogens with one attached hydrogen (secondary N) is 1. The van der Waals surface area contributed by atoms with Crippen molar-refractivity contribution in [1.29, 1.82) is 0 Å². The molecular weight excluding hydrogens is 343 g/mol. The van der Waals surface area contributed by atoms with E-state index >= 15 is 0 Å². The first-order chi connectivity index (χ1) is 8.49. The van der Waals surface area contributed by atoms with Gasteiger partial charge in [-0.1, -0.05) is 0 Å². The lowest BCUT2D eigenvalue weighted by molar-refractivity contribution is 0.0995. The molecule has 0 aliphatic carbocycles. The Balaban J connectivity index is 2.74. The molecule has 2 aromatic rings. The van der Waals surface area contributed by atoms with Crippen LogP contribution in [0.15, 0.2) is 18.2 Å². The third kappa shape index (κ3) is 2.53. The smallest absolute Gasteiger partial charge is 0.271 e. The standard InChI is InChI=1S/C12H13IN4O/c1-6(2)15-10-8-5-7(13)3-4-9(8)16-17-11(10)12(14)18/h3-6H,1-2H3,(H2,14,18)(H,15,16). The van der Waals surface area contributed by atoms with E-state index in [0.29, 0.717) is 5.69 Å². The van der Waals surface area contributed by atoms with E-state index < -0.39 is 5.91 Å². The molecule has 1 aromatic heterocycles. The van der Waals surface area contributed by atoms with Crippen LogP contribution in [-0.2, 0) is 0 Å². The Kier molecular flexibility index (Phi) is 3.65. The quantitative estimate of drug-likeness (QED) is 0.826. The number of nitrogens with zero attached hydrogens (tertiary/aromatic N) is 2. The molecule has 94 valence electrons. The fourth-order valence-electron chi connectivity index (χ4n) is 1.68. The third-order valence-corrected chi connectivity index (χ3v) is 3.06. The van der Waals surface area contributed by atoms with Crippen LogP contribution in [0, 0.1) is 3.57 Å². The molecule has 0 spiro atoms. The van der Waals surface area contributed by atoms with Gasteiger partial charge in [0.25, 0.3) is 5.91 Å². The number of nitrogens with two attached hydrogens (primary N) is 1. The zero-order chi connectivity index (χ0) is 13.3. The van der Waals surface area contributed by atoms with Crippen molar-refractivity contribution in [2.75, 3.05) is 5.32 Å². The number of fused-ring (bicyclic) bond motifs is 1. The van der Waals surface area contributed by atoms with Gasteiger partial charge in [-0.2, -0.15) is 0 Å². The van der Waals surface area contributed by atoms with Crippen LogP contribution in [0.1, 0.15) is 24.3 Å². The molecule has 0 atom stereocenters. The van der Waals surface area contributed by atoms with E-state index in [4.69, 9.17) is 5.73 Å². The second kappa shape index (κ2) is 5.05. The number of carbonyl (C=O) groups excluding carboxylic acids is 1. The second-order valence-corrected chi connectivity index (χ2v) is 5.49. The van der Waals surface area contributed by atoms with Gasteiger partial charge in [-0.3, -0.25) is 4.79 Å². The lowest BCUT2D eigenvalue weighted by atomic mass is 10.1. The van der Waals surface area contributed by atoms with Gasteiger partial charge in [-0.25, -0.2) is 0 Å². The Hall–Kier alpha value is -1.44. The molecule has 0 unspecified atom stereocenters. The molecule has 1 heterocycles. The fraction of sp³-hybridized carbons (Fsp3) is 0.250. The van der Waals surface area contributed by atoms with Crippen molar-refractivity contribution in [3.8, 4) is 0 Å². The first-order valence-electron chi connectivity index (χ1n) is 5.51. The minimum atomic E-state index is -0.577. The summed E-state index contributed by atoms with van der Waals surface area (Å²) in [6.07, 6.45) is 0. The van der Waals surface area contributed by atoms with Crippen LogP contribution >= 0.6 is 22.6 Å². The highest BCUT2D eigenvalue weighted by atomic mass is 127. The zero-order valence-electron chi connectivity index (χ0n) is 10.1. The SMILES string of the molecule is CC(C)Nc1c(C(N)=O)nnc2ccc(I)cc12. The van der Waals surface area contributed by atoms with E-state index in [-0.39, 0.29) is 11.7 Å². The first kappa shape index (κ1) is 13.0. The predicted octanol–water partition coefficient (Wildman–Crippen LogP) is 2.15. The van der Waals surface area contributed by atoms with Gasteiger partial charge >= 0.3 is 0 Å². The molecule has 1 amide bonds. The molecule has 18 heavy (non-hydrogen) atoms. The highest BCUT2D eigenvalue weighted by Crippen LogP contribution is 2.26. The molecule has 6 heteroatoms. The van der Waals surface area contributed by atoms with Crippen LogP contribution in [-0.4, -0.2) is 22.1 Å². The summed E-state index contributed by atoms with van der Waals surface area (Å²) in [6.45, 7) is 3.98. The number of anilines is 1. The van der Waals surface area contributed by atoms with E-state index in [1.807, 2.05) is 32.0 Å². The van der Waals surface area contributed by atoms with Gasteiger partial charge in [-0.05, 0) is 54.6 Å². The molecule has 3 N–H and O–H groups in total. The van der Waals surface area contributed by atoms with Gasteiger partial charge in [0.05, 0.1) is 11.2 Å². The highest BCUT2D eigenvalue weighted by molar-refractivity contribution is 14.1. The van der Waals surface area contributed by atoms with Crippen molar-refractivity contribution in [3.05, 3.63) is 27.5 Å². The largest absolute Gasteiger partial charge is 0.380 e. The van der Waals surface area contributed by atoms with Gasteiger partial charge < -0.3 is 11.1 Å². The number of rotatable bonds is 3. The van der Waals surface area contributed by atoms with Gasteiger partial charge in [-0.15, -0.1) is 10.2 Å². The summed E-state index contributed by atoms with van der Waals surface area (Å²) >= 11 is 2.22. The molecule has 5 nitrogen and oxygen atoms in total. The topological polar surface area (TPSA) is 80.9 Å².